The second kappa shape index (κ2) is 8.77. The topological polar surface area (TPSA) is 66.4 Å². The molecule has 4 rings (SSSR count). The molecule has 1 aliphatic rings. The number of methoxy groups -OCH3 is 1. The van der Waals surface area contributed by atoms with Crippen molar-refractivity contribution in [3.8, 4) is 5.75 Å². The molecule has 1 aliphatic heterocycles. The summed E-state index contributed by atoms with van der Waals surface area (Å²) in [4.78, 5) is 18.3. The summed E-state index contributed by atoms with van der Waals surface area (Å²) in [5.74, 6) is 4.48. The first-order valence-corrected chi connectivity index (χ1v) is 9.85. The molecule has 1 fully saturated rings. The molecule has 7 nitrogen and oxygen atoms in total. The lowest BCUT2D eigenvalue weighted by molar-refractivity contribution is 0.414. The highest BCUT2D eigenvalue weighted by molar-refractivity contribution is 5.51. The molecule has 0 amide bonds. The van der Waals surface area contributed by atoms with Gasteiger partial charge in [-0.25, -0.2) is 15.0 Å². The Morgan fingerprint density at radius 1 is 0.931 bits per heavy atom. The molecule has 1 aromatic carbocycles. The van der Waals surface area contributed by atoms with E-state index in [0.29, 0.717) is 6.54 Å². The van der Waals surface area contributed by atoms with E-state index in [-0.39, 0.29) is 0 Å². The fraction of sp³-hybridized carbons (Fsp3) is 0.318. The van der Waals surface area contributed by atoms with Crippen LogP contribution in [0.3, 0.4) is 0 Å². The number of benzene rings is 1. The Bertz CT molecular complexity index is 924. The Hall–Kier alpha value is -3.35. The third-order valence-corrected chi connectivity index (χ3v) is 5.03. The van der Waals surface area contributed by atoms with Crippen LogP contribution in [-0.4, -0.2) is 48.2 Å². The van der Waals surface area contributed by atoms with Gasteiger partial charge in [-0.15, -0.1) is 0 Å². The highest BCUT2D eigenvalue weighted by atomic mass is 16.5. The van der Waals surface area contributed by atoms with Gasteiger partial charge < -0.3 is 19.9 Å². The number of piperazine rings is 1. The van der Waals surface area contributed by atoms with Crippen molar-refractivity contribution in [1.29, 1.82) is 0 Å². The van der Waals surface area contributed by atoms with E-state index in [4.69, 9.17) is 4.74 Å². The van der Waals surface area contributed by atoms with Gasteiger partial charge in [-0.2, -0.15) is 0 Å². The molecule has 2 aromatic heterocycles. The van der Waals surface area contributed by atoms with Crippen LogP contribution in [0.4, 0.5) is 17.5 Å². The number of aryl methyl sites for hydroxylation is 1. The summed E-state index contributed by atoms with van der Waals surface area (Å²) < 4.78 is 5.21. The molecular formula is C22H26N6O. The van der Waals surface area contributed by atoms with Crippen molar-refractivity contribution in [2.24, 2.45) is 0 Å². The molecule has 0 atom stereocenters. The van der Waals surface area contributed by atoms with E-state index >= 15 is 0 Å². The van der Waals surface area contributed by atoms with Gasteiger partial charge in [0.1, 0.15) is 29.0 Å². The van der Waals surface area contributed by atoms with Crippen LogP contribution in [0.15, 0.2) is 54.7 Å². The number of nitrogens with one attached hydrogen (secondary N) is 1. The van der Waals surface area contributed by atoms with E-state index < -0.39 is 0 Å². The minimum atomic E-state index is 0.702. The van der Waals surface area contributed by atoms with Crippen LogP contribution in [0.5, 0.6) is 5.75 Å². The number of aromatic nitrogens is 3. The van der Waals surface area contributed by atoms with Gasteiger partial charge in [-0.3, -0.25) is 0 Å². The number of pyridine rings is 1. The summed E-state index contributed by atoms with van der Waals surface area (Å²) in [6, 6.07) is 16.1. The first-order valence-electron chi connectivity index (χ1n) is 9.85. The van der Waals surface area contributed by atoms with Crippen LogP contribution in [0.25, 0.3) is 0 Å². The van der Waals surface area contributed by atoms with E-state index in [0.717, 1.165) is 55.2 Å². The number of ether oxygens (including phenoxy) is 1. The molecular weight excluding hydrogens is 364 g/mol. The van der Waals surface area contributed by atoms with Gasteiger partial charge >= 0.3 is 0 Å². The first-order chi connectivity index (χ1) is 14.2. The maximum Gasteiger partial charge on any atom is 0.134 e. The van der Waals surface area contributed by atoms with Crippen LogP contribution in [0.1, 0.15) is 11.4 Å². The van der Waals surface area contributed by atoms with Crippen molar-refractivity contribution in [1.82, 2.24) is 15.0 Å². The fourth-order valence-corrected chi connectivity index (χ4v) is 3.45. The zero-order valence-electron chi connectivity index (χ0n) is 16.9. The van der Waals surface area contributed by atoms with E-state index in [2.05, 4.69) is 48.3 Å². The predicted molar refractivity (Wildman–Crippen MR) is 116 cm³/mol. The molecule has 0 unspecified atom stereocenters. The van der Waals surface area contributed by atoms with E-state index in [1.165, 1.54) is 5.56 Å². The number of hydrogen-bond donors (Lipinski definition) is 1. The van der Waals surface area contributed by atoms with Crippen molar-refractivity contribution < 1.29 is 4.74 Å². The van der Waals surface area contributed by atoms with Gasteiger partial charge in [-0.1, -0.05) is 18.2 Å². The summed E-state index contributed by atoms with van der Waals surface area (Å²) in [5.41, 5.74) is 1.17. The van der Waals surface area contributed by atoms with Gasteiger partial charge in [0.05, 0.1) is 7.11 Å². The zero-order chi connectivity index (χ0) is 20.1. The molecule has 1 saturated heterocycles. The molecule has 0 bridgehead atoms. The van der Waals surface area contributed by atoms with Crippen molar-refractivity contribution in [2.75, 3.05) is 48.4 Å². The Morgan fingerprint density at radius 3 is 2.31 bits per heavy atom. The second-order valence-electron chi connectivity index (χ2n) is 7.02. The summed E-state index contributed by atoms with van der Waals surface area (Å²) >= 11 is 0. The van der Waals surface area contributed by atoms with Crippen LogP contribution in [0.2, 0.25) is 0 Å². The Morgan fingerprint density at radius 2 is 1.66 bits per heavy atom. The SMILES string of the molecule is COc1ccc(CNc2cc(N3CCN(c4ccccn4)CC3)nc(C)n2)cc1. The second-order valence-corrected chi connectivity index (χ2v) is 7.02. The average Bonchev–Trinajstić information content (AvgIpc) is 2.78. The largest absolute Gasteiger partial charge is 0.497 e. The highest BCUT2D eigenvalue weighted by Crippen LogP contribution is 2.20. The third-order valence-electron chi connectivity index (χ3n) is 5.03. The number of rotatable bonds is 6. The maximum atomic E-state index is 5.21. The molecule has 29 heavy (non-hydrogen) atoms. The van der Waals surface area contributed by atoms with E-state index in [1.54, 1.807) is 7.11 Å². The zero-order valence-corrected chi connectivity index (χ0v) is 16.9. The molecule has 3 heterocycles. The number of hydrogen-bond acceptors (Lipinski definition) is 7. The lowest BCUT2D eigenvalue weighted by Gasteiger charge is -2.36. The minimum Gasteiger partial charge on any atom is -0.497 e. The number of nitrogens with zero attached hydrogens (tertiary/aromatic N) is 5. The van der Waals surface area contributed by atoms with Crippen LogP contribution in [0, 0.1) is 6.92 Å². The van der Waals surface area contributed by atoms with Gasteiger partial charge in [0, 0.05) is 45.0 Å². The van der Waals surface area contributed by atoms with Crippen molar-refractivity contribution in [3.63, 3.8) is 0 Å². The van der Waals surface area contributed by atoms with Crippen molar-refractivity contribution >= 4 is 17.5 Å². The molecule has 3 aromatic rings. The normalized spacial score (nSPS) is 14.0. The van der Waals surface area contributed by atoms with E-state index in [1.807, 2.05) is 43.5 Å². The summed E-state index contributed by atoms with van der Waals surface area (Å²) in [7, 11) is 1.68. The van der Waals surface area contributed by atoms with Crippen molar-refractivity contribution in [3.05, 3.63) is 66.1 Å². The Labute approximate surface area is 171 Å². The van der Waals surface area contributed by atoms with Gasteiger partial charge in [0.2, 0.25) is 0 Å². The standard InChI is InChI=1S/C22H26N6O/c1-17-25-20(24-16-18-6-8-19(29-2)9-7-18)15-22(26-17)28-13-11-27(12-14-28)21-5-3-4-10-23-21/h3-10,15H,11-14,16H2,1-2H3,(H,24,25,26). The quantitative estimate of drug-likeness (QED) is 0.694. The lowest BCUT2D eigenvalue weighted by Crippen LogP contribution is -2.47. The third kappa shape index (κ3) is 4.74. The smallest absolute Gasteiger partial charge is 0.134 e. The summed E-state index contributed by atoms with van der Waals surface area (Å²) in [6.07, 6.45) is 1.84. The maximum absolute atomic E-state index is 5.21. The fourth-order valence-electron chi connectivity index (χ4n) is 3.45. The Kier molecular flexibility index (Phi) is 5.74. The Balaban J connectivity index is 1.39. The van der Waals surface area contributed by atoms with Crippen molar-refractivity contribution in [2.45, 2.75) is 13.5 Å². The summed E-state index contributed by atoms with van der Waals surface area (Å²) in [6.45, 7) is 6.30. The monoisotopic (exact) mass is 390 g/mol. The summed E-state index contributed by atoms with van der Waals surface area (Å²) in [5, 5.41) is 3.41. The molecule has 7 heteroatoms. The highest BCUT2D eigenvalue weighted by Gasteiger charge is 2.19. The predicted octanol–water partition coefficient (Wildman–Crippen LogP) is 3.13. The molecule has 150 valence electrons. The molecule has 0 saturated carbocycles. The molecule has 0 spiro atoms. The van der Waals surface area contributed by atoms with Gasteiger partial charge in [0.25, 0.3) is 0 Å². The molecule has 1 N–H and O–H groups in total. The average molecular weight is 390 g/mol. The molecule has 0 aliphatic carbocycles. The van der Waals surface area contributed by atoms with Crippen LogP contribution >= 0.6 is 0 Å². The minimum absolute atomic E-state index is 0.702. The van der Waals surface area contributed by atoms with Crippen LogP contribution in [-0.2, 0) is 6.54 Å². The molecule has 0 radical (unpaired) electrons. The number of anilines is 3. The van der Waals surface area contributed by atoms with Crippen LogP contribution < -0.4 is 19.9 Å². The van der Waals surface area contributed by atoms with E-state index in [9.17, 15) is 0 Å². The van der Waals surface area contributed by atoms with Gasteiger partial charge in [0.15, 0.2) is 0 Å². The van der Waals surface area contributed by atoms with Gasteiger partial charge in [-0.05, 0) is 36.8 Å². The lowest BCUT2D eigenvalue weighted by atomic mass is 10.2. The first kappa shape index (κ1) is 19.0.